The lowest BCUT2D eigenvalue weighted by Gasteiger charge is -2.38. The molecule has 7 atom stereocenters. The summed E-state index contributed by atoms with van der Waals surface area (Å²) < 4.78 is 0. The van der Waals surface area contributed by atoms with E-state index in [0.717, 1.165) is 27.4 Å². The molecule has 344 valence electrons. The van der Waals surface area contributed by atoms with Crippen LogP contribution in [0, 0.1) is 0 Å². The Kier molecular flexibility index (Phi) is 15.1. The Bertz CT molecular complexity index is 2520. The van der Waals surface area contributed by atoms with Gasteiger partial charge in [0.25, 0.3) is 0 Å². The van der Waals surface area contributed by atoms with Crippen LogP contribution in [0.25, 0.3) is 21.8 Å². The number of aromatic nitrogens is 2. The molecule has 18 heteroatoms. The van der Waals surface area contributed by atoms with Gasteiger partial charge in [0.2, 0.25) is 35.4 Å². The molecule has 7 rings (SSSR count). The Balaban J connectivity index is 1.33. The van der Waals surface area contributed by atoms with E-state index in [1.807, 2.05) is 54.8 Å². The number of nitrogens with two attached hydrogens (primary N) is 1. The van der Waals surface area contributed by atoms with Crippen molar-refractivity contribution in [3.63, 3.8) is 0 Å². The van der Waals surface area contributed by atoms with Crippen LogP contribution in [-0.4, -0.2) is 121 Å². The van der Waals surface area contributed by atoms with Crippen LogP contribution >= 0.6 is 11.8 Å². The number of rotatable bonds is 12. The topological polar surface area (TPSA) is 264 Å². The van der Waals surface area contributed by atoms with Gasteiger partial charge in [-0.05, 0) is 92.1 Å². The highest BCUT2D eigenvalue weighted by atomic mass is 32.2. The third kappa shape index (κ3) is 10.9. The van der Waals surface area contributed by atoms with E-state index in [0.29, 0.717) is 42.0 Å². The summed E-state index contributed by atoms with van der Waals surface area (Å²) in [6, 6.07) is 13.5. The standard InChI is InChI=1S/C47H57N9O8S/c1-26(57)41-46(63)52-36(18-20-65-2)47(64)56-25-39-32(31-10-4-6-12-34(31)50-39)23-40(56)45(62)54-37(21-27-14-16-29(58)17-15-27)43(60)53-38(22-28-24-49-33-11-5-3-9-30(28)33)44(61)51-35(42(59)55-41)13-7-8-19-48/h3-6,9-12,14-17,24,26,35-38,40-41,49-50,57-58H,7-8,13,18-23,25,48H2,1-2H3,(H,51,61)(H,52,63)(H,53,60)(H,54,62)(H,55,59)/t26-,35+,36+,37+,38-,40+,41+/m1/s1. The monoisotopic (exact) mass is 907 g/mol. The minimum atomic E-state index is -1.54. The molecule has 0 spiro atoms. The fraction of sp³-hybridized carbons (Fsp3) is 0.404. The number of phenols is 1. The van der Waals surface area contributed by atoms with E-state index in [2.05, 4.69) is 36.6 Å². The van der Waals surface area contributed by atoms with E-state index in [1.165, 1.54) is 35.7 Å². The Labute approximate surface area is 380 Å². The average molecular weight is 908 g/mol. The minimum Gasteiger partial charge on any atom is -0.508 e. The van der Waals surface area contributed by atoms with E-state index < -0.39 is 77.8 Å². The van der Waals surface area contributed by atoms with Crippen molar-refractivity contribution in [2.75, 3.05) is 18.6 Å². The Morgan fingerprint density at radius 2 is 1.35 bits per heavy atom. The zero-order valence-corrected chi connectivity index (χ0v) is 37.2. The van der Waals surface area contributed by atoms with Crippen molar-refractivity contribution in [1.82, 2.24) is 41.5 Å². The summed E-state index contributed by atoms with van der Waals surface area (Å²) in [4.78, 5) is 95.6. The maximum atomic E-state index is 14.9. The second-order valence-corrected chi connectivity index (χ2v) is 17.8. The summed E-state index contributed by atoms with van der Waals surface area (Å²) >= 11 is 1.45. The molecule has 4 heterocycles. The van der Waals surface area contributed by atoms with Crippen LogP contribution in [0.5, 0.6) is 5.75 Å². The molecule has 0 bridgehead atoms. The number of nitrogens with zero attached hydrogens (tertiary/aromatic N) is 1. The first-order chi connectivity index (χ1) is 31.3. The maximum absolute atomic E-state index is 14.9. The molecule has 5 aromatic rings. The second-order valence-electron chi connectivity index (χ2n) is 16.8. The maximum Gasteiger partial charge on any atom is 0.246 e. The number of amides is 6. The molecule has 1 fully saturated rings. The fourth-order valence-electron chi connectivity index (χ4n) is 8.67. The molecular weight excluding hydrogens is 851 g/mol. The lowest BCUT2D eigenvalue weighted by atomic mass is 9.94. The molecule has 0 aliphatic carbocycles. The van der Waals surface area contributed by atoms with Crippen LogP contribution in [0.1, 0.15) is 55.0 Å². The van der Waals surface area contributed by atoms with Gasteiger partial charge in [-0.2, -0.15) is 11.8 Å². The zero-order chi connectivity index (χ0) is 46.2. The molecule has 17 nitrogen and oxygen atoms in total. The summed E-state index contributed by atoms with van der Waals surface area (Å²) in [5.41, 5.74) is 10.2. The number of fused-ring (bicyclic) bond motifs is 5. The lowest BCUT2D eigenvalue weighted by Crippen LogP contribution is -2.64. The summed E-state index contributed by atoms with van der Waals surface area (Å²) in [6.07, 6.45) is 3.34. The van der Waals surface area contributed by atoms with Gasteiger partial charge in [-0.15, -0.1) is 0 Å². The Morgan fingerprint density at radius 3 is 2.06 bits per heavy atom. The number of thioether (sulfide) groups is 1. The molecule has 0 unspecified atom stereocenters. The first kappa shape index (κ1) is 46.6. The van der Waals surface area contributed by atoms with E-state index in [-0.39, 0.29) is 44.4 Å². The summed E-state index contributed by atoms with van der Waals surface area (Å²) in [5, 5.41) is 36.7. The second kappa shape index (κ2) is 21.1. The summed E-state index contributed by atoms with van der Waals surface area (Å²) in [7, 11) is 0. The van der Waals surface area contributed by atoms with Crippen molar-refractivity contribution in [2.24, 2.45) is 5.73 Å². The quantitative estimate of drug-likeness (QED) is 0.0812. The minimum absolute atomic E-state index is 0.00115. The van der Waals surface area contributed by atoms with Crippen LogP contribution in [0.15, 0.2) is 79.0 Å². The highest BCUT2D eigenvalue weighted by Gasteiger charge is 2.42. The molecule has 6 amide bonds. The number of carbonyl (C=O) groups is 6. The normalized spacial score (nSPS) is 23.0. The zero-order valence-electron chi connectivity index (χ0n) is 36.4. The van der Waals surface area contributed by atoms with Crippen LogP contribution < -0.4 is 32.3 Å². The highest BCUT2D eigenvalue weighted by molar-refractivity contribution is 7.98. The SMILES string of the molecule is CSCC[C@@H]1NC(=O)[C@H]([C@@H](C)O)NC(=O)[C@H](CCCCN)NC(=O)[C@@H](Cc2c[nH]c3ccccc23)NC(=O)[C@H](Cc2ccc(O)cc2)NC(=O)[C@@H]2Cc3c([nH]c4ccccc34)CN2C1=O. The van der Waals surface area contributed by atoms with Crippen LogP contribution in [0.2, 0.25) is 0 Å². The van der Waals surface area contributed by atoms with Crippen molar-refractivity contribution in [3.05, 3.63) is 101 Å². The van der Waals surface area contributed by atoms with E-state index >= 15 is 0 Å². The van der Waals surface area contributed by atoms with Gasteiger partial charge < -0.3 is 57.4 Å². The van der Waals surface area contributed by atoms with Crippen molar-refractivity contribution < 1.29 is 39.0 Å². The van der Waals surface area contributed by atoms with E-state index in [9.17, 15) is 39.0 Å². The number of H-pyrrole nitrogens is 2. The van der Waals surface area contributed by atoms with Gasteiger partial charge in [0, 0.05) is 53.0 Å². The number of aromatic hydroxyl groups is 1. The average Bonchev–Trinajstić information content (AvgIpc) is 3.88. The van der Waals surface area contributed by atoms with E-state index in [1.54, 1.807) is 18.3 Å². The van der Waals surface area contributed by atoms with Crippen molar-refractivity contribution in [1.29, 1.82) is 0 Å². The third-order valence-corrected chi connectivity index (χ3v) is 12.8. The first-order valence-corrected chi connectivity index (χ1v) is 23.3. The molecule has 11 N–H and O–H groups in total. The molecule has 0 radical (unpaired) electrons. The number of unbranched alkanes of at least 4 members (excludes halogenated alkanes) is 1. The molecular formula is C47H57N9O8S. The summed E-state index contributed by atoms with van der Waals surface area (Å²) in [6.45, 7) is 1.62. The summed E-state index contributed by atoms with van der Waals surface area (Å²) in [5.74, 6) is -3.79. The van der Waals surface area contributed by atoms with E-state index in [4.69, 9.17) is 5.73 Å². The predicted octanol–water partition coefficient (Wildman–Crippen LogP) is 1.79. The molecule has 65 heavy (non-hydrogen) atoms. The highest BCUT2D eigenvalue weighted by Crippen LogP contribution is 2.31. The number of hydrogen-bond acceptors (Lipinski definition) is 10. The van der Waals surface area contributed by atoms with Gasteiger partial charge in [-0.3, -0.25) is 28.8 Å². The largest absolute Gasteiger partial charge is 0.508 e. The number of para-hydroxylation sites is 2. The number of nitrogens with one attached hydrogen (secondary N) is 7. The van der Waals surface area contributed by atoms with Crippen LogP contribution in [-0.2, 0) is 54.6 Å². The Hall–Kier alpha value is -6.37. The van der Waals surface area contributed by atoms with Crippen LogP contribution in [0.4, 0.5) is 0 Å². The number of carbonyl (C=O) groups excluding carboxylic acids is 6. The lowest BCUT2D eigenvalue weighted by molar-refractivity contribution is -0.146. The Morgan fingerprint density at radius 1 is 0.723 bits per heavy atom. The van der Waals surface area contributed by atoms with Crippen LogP contribution in [0.3, 0.4) is 0 Å². The van der Waals surface area contributed by atoms with Gasteiger partial charge in [-0.1, -0.05) is 48.5 Å². The smallest absolute Gasteiger partial charge is 0.246 e. The number of phenolic OH excluding ortho intramolecular Hbond substituents is 1. The third-order valence-electron chi connectivity index (χ3n) is 12.2. The van der Waals surface area contributed by atoms with Gasteiger partial charge >= 0.3 is 0 Å². The van der Waals surface area contributed by atoms with Crippen molar-refractivity contribution >= 4 is 69.0 Å². The van der Waals surface area contributed by atoms with Gasteiger partial charge in [0.1, 0.15) is 42.0 Å². The molecule has 0 saturated carbocycles. The molecule has 2 aromatic heterocycles. The predicted molar refractivity (Wildman–Crippen MR) is 247 cm³/mol. The molecule has 2 aliphatic heterocycles. The van der Waals surface area contributed by atoms with Crippen molar-refractivity contribution in [3.8, 4) is 5.75 Å². The van der Waals surface area contributed by atoms with Gasteiger partial charge in [0.05, 0.1) is 12.6 Å². The van der Waals surface area contributed by atoms with Gasteiger partial charge in [0.15, 0.2) is 0 Å². The molecule has 2 aliphatic rings. The molecule has 1 saturated heterocycles. The number of hydrogen-bond donors (Lipinski definition) is 10. The fourth-order valence-corrected chi connectivity index (χ4v) is 9.14. The number of aliphatic hydroxyl groups is 1. The number of aromatic amines is 2. The molecule has 3 aromatic carbocycles. The van der Waals surface area contributed by atoms with Gasteiger partial charge in [-0.25, -0.2) is 0 Å². The number of benzene rings is 3. The first-order valence-electron chi connectivity index (χ1n) is 22.0. The number of aliphatic hydroxyl groups excluding tert-OH is 1. The van der Waals surface area contributed by atoms with Crippen molar-refractivity contribution in [2.45, 2.75) is 101 Å².